The van der Waals surface area contributed by atoms with Gasteiger partial charge in [-0.2, -0.15) is 5.10 Å². The van der Waals surface area contributed by atoms with Crippen LogP contribution in [0.1, 0.15) is 33.8 Å². The number of hydrogen-bond donors (Lipinski definition) is 0. The zero-order valence-electron chi connectivity index (χ0n) is 16.8. The van der Waals surface area contributed by atoms with Gasteiger partial charge in [-0.25, -0.2) is 0 Å². The minimum Gasteiger partial charge on any atom is -0.337 e. The first-order chi connectivity index (χ1) is 14.2. The van der Waals surface area contributed by atoms with Gasteiger partial charge in [-0.15, -0.1) is 11.3 Å². The number of thiophene rings is 1. The normalized spacial score (nSPS) is 18.0. The van der Waals surface area contributed by atoms with Crippen LogP contribution in [0.5, 0.6) is 0 Å². The van der Waals surface area contributed by atoms with Crippen LogP contribution >= 0.6 is 11.3 Å². The molecule has 0 saturated carbocycles. The number of hydrogen-bond acceptors (Lipinski definition) is 4. The summed E-state index contributed by atoms with van der Waals surface area (Å²) in [5.74, 6) is 0.0967. The Morgan fingerprint density at radius 3 is 2.69 bits per heavy atom. The number of nitrogens with zero attached hydrogens (tertiary/aromatic N) is 4. The Morgan fingerprint density at radius 1 is 1.10 bits per heavy atom. The predicted molar refractivity (Wildman–Crippen MR) is 116 cm³/mol. The topological polar surface area (TPSA) is 41.4 Å². The lowest BCUT2D eigenvalue weighted by Crippen LogP contribution is -2.48. The van der Waals surface area contributed by atoms with Crippen molar-refractivity contribution < 1.29 is 4.79 Å². The van der Waals surface area contributed by atoms with Crippen molar-refractivity contribution in [2.75, 3.05) is 19.6 Å². The Bertz CT molecular complexity index is 1000. The smallest absolute Gasteiger partial charge is 0.272 e. The minimum atomic E-state index is 0.0967. The van der Waals surface area contributed by atoms with E-state index in [9.17, 15) is 4.79 Å². The summed E-state index contributed by atoms with van der Waals surface area (Å²) in [7, 11) is 1.86. The number of carbonyl (C=O) groups excluding carboxylic acids is 1. The molecule has 0 atom stereocenters. The van der Waals surface area contributed by atoms with E-state index in [4.69, 9.17) is 0 Å². The second-order valence-corrected chi connectivity index (χ2v) is 9.02. The molecule has 0 unspecified atom stereocenters. The highest BCUT2D eigenvalue weighted by Crippen LogP contribution is 2.28. The summed E-state index contributed by atoms with van der Waals surface area (Å²) in [5, 5.41) is 6.78. The molecule has 5 nitrogen and oxygen atoms in total. The van der Waals surface area contributed by atoms with E-state index in [-0.39, 0.29) is 5.91 Å². The van der Waals surface area contributed by atoms with E-state index >= 15 is 0 Å². The van der Waals surface area contributed by atoms with Gasteiger partial charge < -0.3 is 4.90 Å². The van der Waals surface area contributed by atoms with Crippen LogP contribution in [0.4, 0.5) is 0 Å². The lowest BCUT2D eigenvalue weighted by molar-refractivity contribution is 0.0590. The highest BCUT2D eigenvalue weighted by atomic mass is 32.1. The van der Waals surface area contributed by atoms with Crippen LogP contribution in [0.15, 0.2) is 47.8 Å². The van der Waals surface area contributed by atoms with Crippen LogP contribution in [0.2, 0.25) is 0 Å². The molecule has 2 aliphatic heterocycles. The summed E-state index contributed by atoms with van der Waals surface area (Å²) in [6.07, 6.45) is 3.27. The van der Waals surface area contributed by atoms with E-state index in [1.165, 1.54) is 12.0 Å². The number of aromatic nitrogens is 2. The van der Waals surface area contributed by atoms with Gasteiger partial charge in [0.2, 0.25) is 0 Å². The van der Waals surface area contributed by atoms with E-state index in [1.54, 1.807) is 9.56 Å². The number of benzene rings is 1. The van der Waals surface area contributed by atoms with E-state index in [0.717, 1.165) is 50.3 Å². The summed E-state index contributed by atoms with van der Waals surface area (Å²) in [5.41, 5.74) is 4.07. The fourth-order valence-corrected chi connectivity index (χ4v) is 5.49. The third-order valence-corrected chi connectivity index (χ3v) is 7.30. The van der Waals surface area contributed by atoms with Crippen molar-refractivity contribution in [2.24, 2.45) is 7.05 Å². The summed E-state index contributed by atoms with van der Waals surface area (Å²) in [4.78, 5) is 19.3. The number of carbonyl (C=O) groups is 1. The van der Waals surface area contributed by atoms with Crippen LogP contribution in [0.3, 0.4) is 0 Å². The summed E-state index contributed by atoms with van der Waals surface area (Å²) < 4.78 is 1.72. The number of aryl methyl sites for hydroxylation is 1. The number of amides is 1. The van der Waals surface area contributed by atoms with Crippen molar-refractivity contribution >= 4 is 17.2 Å². The molecule has 3 aromatic rings. The first kappa shape index (κ1) is 18.6. The molecule has 1 saturated heterocycles. The predicted octanol–water partition coefficient (Wildman–Crippen LogP) is 3.81. The Kier molecular flexibility index (Phi) is 4.97. The maximum Gasteiger partial charge on any atom is 0.272 e. The fraction of sp³-hybridized carbons (Fsp3) is 0.391. The molecule has 2 aromatic heterocycles. The number of likely N-dealkylation sites (tertiary alicyclic amines) is 1. The Balaban J connectivity index is 1.23. The Morgan fingerprint density at radius 2 is 1.90 bits per heavy atom. The minimum absolute atomic E-state index is 0.0967. The molecule has 5 rings (SSSR count). The molecular formula is C23H26N4OS. The van der Waals surface area contributed by atoms with Gasteiger partial charge in [-0.1, -0.05) is 30.3 Å². The first-order valence-electron chi connectivity index (χ1n) is 10.4. The van der Waals surface area contributed by atoms with Crippen LogP contribution in [0, 0.1) is 0 Å². The molecule has 150 valence electrons. The van der Waals surface area contributed by atoms with Gasteiger partial charge in [0, 0.05) is 49.7 Å². The maximum absolute atomic E-state index is 13.1. The molecular weight excluding hydrogens is 380 g/mol. The third kappa shape index (κ3) is 3.63. The lowest BCUT2D eigenvalue weighted by Gasteiger charge is -2.40. The molecule has 4 heterocycles. The molecule has 6 heteroatoms. The largest absolute Gasteiger partial charge is 0.337 e. The summed E-state index contributed by atoms with van der Waals surface area (Å²) >= 11 is 1.89. The van der Waals surface area contributed by atoms with Crippen LogP contribution < -0.4 is 0 Å². The highest BCUT2D eigenvalue weighted by Gasteiger charge is 2.30. The molecule has 1 amide bonds. The quantitative estimate of drug-likeness (QED) is 0.664. The monoisotopic (exact) mass is 406 g/mol. The Hall–Kier alpha value is -2.44. The maximum atomic E-state index is 13.1. The molecule has 29 heavy (non-hydrogen) atoms. The number of rotatable bonds is 3. The van der Waals surface area contributed by atoms with Crippen LogP contribution in [0.25, 0.3) is 11.3 Å². The molecule has 0 aliphatic carbocycles. The second-order valence-electron chi connectivity index (χ2n) is 8.02. The van der Waals surface area contributed by atoms with Gasteiger partial charge in [-0.3, -0.25) is 14.4 Å². The second kappa shape index (κ2) is 7.76. The first-order valence-corrected chi connectivity index (χ1v) is 11.2. The van der Waals surface area contributed by atoms with E-state index < -0.39 is 0 Å². The number of fused-ring (bicyclic) bond motifs is 1. The van der Waals surface area contributed by atoms with E-state index in [0.29, 0.717) is 11.7 Å². The molecule has 1 aromatic carbocycles. The SMILES string of the molecule is Cn1nc(-c2ccccc2)cc1C(=O)N1CCC(N2CCc3sccc3C2)CC1. The summed E-state index contributed by atoms with van der Waals surface area (Å²) in [6.45, 7) is 3.86. The number of piperidine rings is 1. The average Bonchev–Trinajstić information content (AvgIpc) is 3.40. The highest BCUT2D eigenvalue weighted by molar-refractivity contribution is 7.10. The standard InChI is InChI=1S/C23H26N4OS/c1-25-21(15-20(24-25)17-5-3-2-4-6-17)23(28)26-11-7-19(8-12-26)27-13-9-22-18(16-27)10-14-29-22/h2-6,10,14-15,19H,7-9,11-13,16H2,1H3. The molecule has 0 N–H and O–H groups in total. The molecule has 1 fully saturated rings. The van der Waals surface area contributed by atoms with Gasteiger partial charge in [0.1, 0.15) is 5.69 Å². The van der Waals surface area contributed by atoms with Crippen molar-refractivity contribution in [3.63, 3.8) is 0 Å². The van der Waals surface area contributed by atoms with Crippen molar-refractivity contribution in [1.29, 1.82) is 0 Å². The zero-order chi connectivity index (χ0) is 19.8. The third-order valence-electron chi connectivity index (χ3n) is 6.27. The summed E-state index contributed by atoms with van der Waals surface area (Å²) in [6, 6.07) is 14.8. The zero-order valence-corrected chi connectivity index (χ0v) is 17.6. The molecule has 0 spiro atoms. The van der Waals surface area contributed by atoms with Crippen molar-refractivity contribution in [1.82, 2.24) is 19.6 Å². The van der Waals surface area contributed by atoms with Gasteiger partial charge >= 0.3 is 0 Å². The van der Waals surface area contributed by atoms with Crippen LogP contribution in [-0.4, -0.2) is 51.2 Å². The van der Waals surface area contributed by atoms with E-state index in [1.807, 2.05) is 59.7 Å². The lowest BCUT2D eigenvalue weighted by atomic mass is 9.99. The molecule has 0 bridgehead atoms. The van der Waals surface area contributed by atoms with Crippen LogP contribution in [-0.2, 0) is 20.0 Å². The van der Waals surface area contributed by atoms with E-state index in [2.05, 4.69) is 21.4 Å². The van der Waals surface area contributed by atoms with Crippen molar-refractivity contribution in [3.8, 4) is 11.3 Å². The van der Waals surface area contributed by atoms with Gasteiger partial charge in [0.15, 0.2) is 0 Å². The average molecular weight is 407 g/mol. The van der Waals surface area contributed by atoms with Gasteiger partial charge in [-0.05, 0) is 42.3 Å². The van der Waals surface area contributed by atoms with Gasteiger partial charge in [0.05, 0.1) is 5.69 Å². The van der Waals surface area contributed by atoms with Gasteiger partial charge in [0.25, 0.3) is 5.91 Å². The fourth-order valence-electron chi connectivity index (χ4n) is 4.60. The molecule has 0 radical (unpaired) electrons. The van der Waals surface area contributed by atoms with Crippen molar-refractivity contribution in [2.45, 2.75) is 31.8 Å². The Labute approximate surface area is 175 Å². The molecule has 2 aliphatic rings. The van der Waals surface area contributed by atoms with Crippen molar-refractivity contribution in [3.05, 3.63) is 64.0 Å².